The molecule has 0 saturated heterocycles. The lowest BCUT2D eigenvalue weighted by Crippen LogP contribution is -2.13. The van der Waals surface area contributed by atoms with Crippen LogP contribution in [0.4, 0.5) is 11.4 Å². The van der Waals surface area contributed by atoms with Gasteiger partial charge in [-0.25, -0.2) is 0 Å². The zero-order chi connectivity index (χ0) is 12.8. The molecule has 6 heteroatoms. The Morgan fingerprint density at radius 2 is 2.24 bits per heavy atom. The number of rotatable bonds is 6. The van der Waals surface area contributed by atoms with Crippen LogP contribution >= 0.6 is 0 Å². The summed E-state index contributed by atoms with van der Waals surface area (Å²) in [4.78, 5) is 20.9. The molecule has 0 unspecified atom stereocenters. The molecule has 0 saturated carbocycles. The van der Waals surface area contributed by atoms with Gasteiger partial charge < -0.3 is 11.1 Å². The molecule has 0 aliphatic heterocycles. The first-order valence-corrected chi connectivity index (χ1v) is 5.28. The van der Waals surface area contributed by atoms with Gasteiger partial charge in [-0.3, -0.25) is 14.9 Å². The van der Waals surface area contributed by atoms with Gasteiger partial charge in [0.15, 0.2) is 0 Å². The average Bonchev–Trinajstić information content (AvgIpc) is 2.25. The van der Waals surface area contributed by atoms with E-state index in [0.717, 1.165) is 5.56 Å². The largest absolute Gasteiger partial charge is 0.379 e. The number of nitrogens with zero attached hydrogens (tertiary/aromatic N) is 1. The third-order valence-electron chi connectivity index (χ3n) is 2.27. The number of amides is 1. The van der Waals surface area contributed by atoms with Gasteiger partial charge >= 0.3 is 0 Å². The average molecular weight is 237 g/mol. The molecule has 0 heterocycles. The first kappa shape index (κ1) is 13.0. The van der Waals surface area contributed by atoms with E-state index in [1.807, 2.05) is 0 Å². The van der Waals surface area contributed by atoms with Gasteiger partial charge in [-0.15, -0.1) is 0 Å². The molecule has 1 rings (SSSR count). The quantitative estimate of drug-likeness (QED) is 0.445. The van der Waals surface area contributed by atoms with Crippen LogP contribution in [-0.4, -0.2) is 17.4 Å². The Labute approximate surface area is 99.0 Å². The van der Waals surface area contributed by atoms with E-state index in [4.69, 9.17) is 5.73 Å². The fourth-order valence-electron chi connectivity index (χ4n) is 1.43. The van der Waals surface area contributed by atoms with Gasteiger partial charge in [0.2, 0.25) is 5.91 Å². The maximum atomic E-state index is 10.8. The zero-order valence-electron chi connectivity index (χ0n) is 9.60. The van der Waals surface area contributed by atoms with Gasteiger partial charge in [-0.2, -0.15) is 0 Å². The number of carbonyl (C=O) groups excluding carboxylic acids is 1. The maximum Gasteiger partial charge on any atom is 0.292 e. The summed E-state index contributed by atoms with van der Waals surface area (Å²) in [5.41, 5.74) is 6.34. The van der Waals surface area contributed by atoms with Crippen molar-refractivity contribution < 1.29 is 9.72 Å². The van der Waals surface area contributed by atoms with Crippen molar-refractivity contribution in [1.29, 1.82) is 0 Å². The molecule has 92 valence electrons. The standard InChI is InChI=1S/C11H15N3O3/c1-8-4-5-9(10(7-8)14(16)17)13-6-2-3-11(12)15/h4-5,7,13H,2-3,6H2,1H3,(H2,12,15). The van der Waals surface area contributed by atoms with E-state index in [1.165, 1.54) is 6.07 Å². The first-order valence-electron chi connectivity index (χ1n) is 5.28. The molecule has 1 amide bonds. The summed E-state index contributed by atoms with van der Waals surface area (Å²) in [6.45, 7) is 2.27. The fraction of sp³-hybridized carbons (Fsp3) is 0.364. The Bertz CT molecular complexity index is 432. The summed E-state index contributed by atoms with van der Waals surface area (Å²) in [7, 11) is 0. The molecule has 6 nitrogen and oxygen atoms in total. The van der Waals surface area contributed by atoms with Crippen LogP contribution in [0.2, 0.25) is 0 Å². The van der Waals surface area contributed by atoms with Crippen LogP contribution < -0.4 is 11.1 Å². The number of nitrogens with two attached hydrogens (primary N) is 1. The maximum absolute atomic E-state index is 10.8. The second-order valence-electron chi connectivity index (χ2n) is 3.77. The number of nitro benzene ring substituents is 1. The molecule has 0 aliphatic rings. The number of nitro groups is 1. The first-order chi connectivity index (χ1) is 8.00. The number of benzene rings is 1. The molecule has 0 spiro atoms. The minimum Gasteiger partial charge on any atom is -0.379 e. The van der Waals surface area contributed by atoms with Crippen molar-refractivity contribution in [2.75, 3.05) is 11.9 Å². The van der Waals surface area contributed by atoms with Crippen molar-refractivity contribution >= 4 is 17.3 Å². The number of aryl methyl sites for hydroxylation is 1. The van der Waals surface area contributed by atoms with Gasteiger partial charge in [0.05, 0.1) is 4.92 Å². The van der Waals surface area contributed by atoms with Gasteiger partial charge in [0.1, 0.15) is 5.69 Å². The lowest BCUT2D eigenvalue weighted by Gasteiger charge is -2.06. The monoisotopic (exact) mass is 237 g/mol. The predicted molar refractivity (Wildman–Crippen MR) is 64.8 cm³/mol. The molecule has 17 heavy (non-hydrogen) atoms. The SMILES string of the molecule is Cc1ccc(NCCCC(N)=O)c([N+](=O)[O-])c1. The van der Waals surface area contributed by atoms with Gasteiger partial charge in [0, 0.05) is 19.0 Å². The summed E-state index contributed by atoms with van der Waals surface area (Å²) < 4.78 is 0. The summed E-state index contributed by atoms with van der Waals surface area (Å²) in [6, 6.07) is 4.97. The molecule has 0 aromatic heterocycles. The smallest absolute Gasteiger partial charge is 0.292 e. The van der Waals surface area contributed by atoms with Crippen molar-refractivity contribution in [3.63, 3.8) is 0 Å². The number of primary amides is 1. The molecule has 1 aromatic rings. The molecular weight excluding hydrogens is 222 g/mol. The predicted octanol–water partition coefficient (Wildman–Crippen LogP) is 1.58. The lowest BCUT2D eigenvalue weighted by molar-refractivity contribution is -0.384. The molecular formula is C11H15N3O3. The van der Waals surface area contributed by atoms with Gasteiger partial charge in [-0.05, 0) is 25.0 Å². The Balaban J connectivity index is 2.64. The van der Waals surface area contributed by atoms with E-state index in [0.29, 0.717) is 18.7 Å². The Kier molecular flexibility index (Phi) is 4.45. The third-order valence-corrected chi connectivity index (χ3v) is 2.27. The summed E-state index contributed by atoms with van der Waals surface area (Å²) in [5.74, 6) is -0.370. The molecule has 3 N–H and O–H groups in total. The van der Waals surface area contributed by atoms with E-state index in [2.05, 4.69) is 5.32 Å². The Hall–Kier alpha value is -2.11. The summed E-state index contributed by atoms with van der Waals surface area (Å²) in [6.07, 6.45) is 0.826. The number of carbonyl (C=O) groups is 1. The van der Waals surface area contributed by atoms with Crippen molar-refractivity contribution in [1.82, 2.24) is 0 Å². The van der Waals surface area contributed by atoms with E-state index in [9.17, 15) is 14.9 Å². The fourth-order valence-corrected chi connectivity index (χ4v) is 1.43. The van der Waals surface area contributed by atoms with Crippen molar-refractivity contribution in [2.45, 2.75) is 19.8 Å². The highest BCUT2D eigenvalue weighted by molar-refractivity contribution is 5.73. The van der Waals surface area contributed by atoms with Crippen molar-refractivity contribution in [3.8, 4) is 0 Å². The van der Waals surface area contributed by atoms with Gasteiger partial charge in [0.25, 0.3) is 5.69 Å². The van der Waals surface area contributed by atoms with Crippen LogP contribution in [0.25, 0.3) is 0 Å². The molecule has 0 radical (unpaired) electrons. The third kappa shape index (κ3) is 4.10. The minimum absolute atomic E-state index is 0.0454. The molecule has 1 aromatic carbocycles. The van der Waals surface area contributed by atoms with Crippen LogP contribution in [-0.2, 0) is 4.79 Å². The van der Waals surface area contributed by atoms with Crippen LogP contribution in [0.5, 0.6) is 0 Å². The highest BCUT2D eigenvalue weighted by Crippen LogP contribution is 2.25. The second kappa shape index (κ2) is 5.83. The van der Waals surface area contributed by atoms with E-state index in [1.54, 1.807) is 19.1 Å². The van der Waals surface area contributed by atoms with E-state index >= 15 is 0 Å². The van der Waals surface area contributed by atoms with Crippen molar-refractivity contribution in [3.05, 3.63) is 33.9 Å². The van der Waals surface area contributed by atoms with Gasteiger partial charge in [-0.1, -0.05) is 6.07 Å². The van der Waals surface area contributed by atoms with E-state index < -0.39 is 4.92 Å². The zero-order valence-corrected chi connectivity index (χ0v) is 9.60. The number of anilines is 1. The van der Waals surface area contributed by atoms with Crippen LogP contribution in [0.3, 0.4) is 0 Å². The topological polar surface area (TPSA) is 98.3 Å². The number of hydrogen-bond donors (Lipinski definition) is 2. The van der Waals surface area contributed by atoms with Crippen LogP contribution in [0, 0.1) is 17.0 Å². The second-order valence-corrected chi connectivity index (χ2v) is 3.77. The van der Waals surface area contributed by atoms with E-state index in [-0.39, 0.29) is 18.0 Å². The summed E-state index contributed by atoms with van der Waals surface area (Å²) >= 11 is 0. The molecule has 0 bridgehead atoms. The Morgan fingerprint density at radius 1 is 1.53 bits per heavy atom. The van der Waals surface area contributed by atoms with Crippen LogP contribution in [0.15, 0.2) is 18.2 Å². The molecule has 0 fully saturated rings. The number of nitrogens with one attached hydrogen (secondary N) is 1. The normalized spacial score (nSPS) is 9.94. The molecule has 0 aliphatic carbocycles. The lowest BCUT2D eigenvalue weighted by atomic mass is 10.2. The Morgan fingerprint density at radius 3 is 2.82 bits per heavy atom. The molecule has 0 atom stereocenters. The highest BCUT2D eigenvalue weighted by atomic mass is 16.6. The van der Waals surface area contributed by atoms with Crippen molar-refractivity contribution in [2.24, 2.45) is 5.73 Å². The summed E-state index contributed by atoms with van der Waals surface area (Å²) in [5, 5.41) is 13.7. The highest BCUT2D eigenvalue weighted by Gasteiger charge is 2.12. The number of hydrogen-bond acceptors (Lipinski definition) is 4. The van der Waals surface area contributed by atoms with Crippen LogP contribution in [0.1, 0.15) is 18.4 Å². The minimum atomic E-state index is -0.427.